The molecule has 0 radical (unpaired) electrons. The Hall–Kier alpha value is -4.92. The highest BCUT2D eigenvalue weighted by molar-refractivity contribution is 5.98. The average molecular weight is 566 g/mol. The Balaban J connectivity index is 1.50. The number of fused-ring (bicyclic) bond motifs is 1. The van der Waals surface area contributed by atoms with Gasteiger partial charge in [0, 0.05) is 43.4 Å². The molecule has 4 amide bonds. The Bertz CT molecular complexity index is 1570. The van der Waals surface area contributed by atoms with Gasteiger partial charge in [-0.05, 0) is 29.7 Å². The Morgan fingerprint density at radius 3 is 1.76 bits per heavy atom. The van der Waals surface area contributed by atoms with Crippen molar-refractivity contribution in [3.8, 4) is 0 Å². The van der Waals surface area contributed by atoms with Gasteiger partial charge in [0.2, 0.25) is 23.6 Å². The second-order valence-electron chi connectivity index (χ2n) is 10.8. The molecule has 1 aromatic heterocycles. The number of benzene rings is 3. The molecule has 2 heterocycles. The molecule has 0 bridgehead atoms. The number of aromatic nitrogens is 1. The van der Waals surface area contributed by atoms with Crippen LogP contribution in [0.1, 0.15) is 23.6 Å². The van der Waals surface area contributed by atoms with Crippen LogP contribution in [-0.4, -0.2) is 64.7 Å². The maximum atomic E-state index is 13.9. The predicted molar refractivity (Wildman–Crippen MR) is 160 cm³/mol. The third-order valence-corrected chi connectivity index (χ3v) is 7.85. The van der Waals surface area contributed by atoms with Gasteiger partial charge in [-0.15, -0.1) is 0 Å². The molecule has 0 saturated carbocycles. The highest BCUT2D eigenvalue weighted by Gasteiger charge is 2.36. The minimum Gasteiger partial charge on any atom is -0.361 e. The summed E-state index contributed by atoms with van der Waals surface area (Å²) in [5.74, 6) is -1.81. The lowest BCUT2D eigenvalue weighted by Gasteiger charge is -2.32. The summed E-state index contributed by atoms with van der Waals surface area (Å²) in [4.78, 5) is 59.3. The SMILES string of the molecule is C[C@@H]1C(=O)N[C@@H](Cc2ccccc2)C(=O)N[C@H](Cc2c[nH]c3ccccc23)C(=O)N[C@@H](Cc2ccccc2)C(=O)N1C. The van der Waals surface area contributed by atoms with Crippen LogP contribution in [0.5, 0.6) is 0 Å². The summed E-state index contributed by atoms with van der Waals surface area (Å²) < 4.78 is 0. The number of carbonyl (C=O) groups excluding carboxylic acids is 4. The third-order valence-electron chi connectivity index (χ3n) is 7.85. The fourth-order valence-corrected chi connectivity index (χ4v) is 5.29. The third kappa shape index (κ3) is 6.52. The van der Waals surface area contributed by atoms with Crippen LogP contribution in [0.25, 0.3) is 10.9 Å². The number of nitrogens with one attached hydrogen (secondary N) is 4. The van der Waals surface area contributed by atoms with E-state index in [1.807, 2.05) is 91.1 Å². The summed E-state index contributed by atoms with van der Waals surface area (Å²) in [7, 11) is 1.54. The molecular weight excluding hydrogens is 530 g/mol. The van der Waals surface area contributed by atoms with Gasteiger partial charge >= 0.3 is 0 Å². The van der Waals surface area contributed by atoms with Gasteiger partial charge in [0.25, 0.3) is 0 Å². The molecule has 4 aromatic rings. The van der Waals surface area contributed by atoms with Crippen LogP contribution in [0.3, 0.4) is 0 Å². The van der Waals surface area contributed by atoms with Gasteiger partial charge in [-0.2, -0.15) is 0 Å². The summed E-state index contributed by atoms with van der Waals surface area (Å²) in [6.07, 6.45) is 2.47. The quantitative estimate of drug-likeness (QED) is 0.287. The molecule has 0 spiro atoms. The standard InChI is InChI=1S/C33H35N5O4/c1-21-30(39)35-27(17-22-11-5-3-6-12-22)31(40)36-28(19-24-20-34-26-16-10-9-15-25(24)26)32(41)37-29(33(42)38(21)2)18-23-13-7-4-8-14-23/h3-16,20-21,27-29,34H,17-19H2,1-2H3,(H,35,39)(H,36,40)(H,37,41)/t21-,27+,28-,29+/m1/s1. The molecule has 0 aliphatic carbocycles. The molecule has 3 aromatic carbocycles. The highest BCUT2D eigenvalue weighted by Crippen LogP contribution is 2.20. The number of H-pyrrole nitrogens is 1. The number of hydrogen-bond donors (Lipinski definition) is 4. The Kier molecular flexibility index (Phi) is 8.66. The van der Waals surface area contributed by atoms with Crippen molar-refractivity contribution >= 4 is 34.5 Å². The molecule has 42 heavy (non-hydrogen) atoms. The Morgan fingerprint density at radius 1 is 0.619 bits per heavy atom. The van der Waals surface area contributed by atoms with E-state index in [9.17, 15) is 19.2 Å². The monoisotopic (exact) mass is 565 g/mol. The summed E-state index contributed by atoms with van der Waals surface area (Å²) in [6, 6.07) is 22.7. The van der Waals surface area contributed by atoms with E-state index in [0.29, 0.717) is 0 Å². The van der Waals surface area contributed by atoms with Crippen molar-refractivity contribution in [2.75, 3.05) is 7.05 Å². The first kappa shape index (κ1) is 28.6. The van der Waals surface area contributed by atoms with Crippen molar-refractivity contribution < 1.29 is 19.2 Å². The number of aromatic amines is 1. The van der Waals surface area contributed by atoms with Gasteiger partial charge < -0.3 is 25.8 Å². The lowest BCUT2D eigenvalue weighted by atomic mass is 9.99. The summed E-state index contributed by atoms with van der Waals surface area (Å²) in [5, 5.41) is 9.58. The number of carbonyl (C=O) groups is 4. The second kappa shape index (κ2) is 12.7. The van der Waals surface area contributed by atoms with Crippen molar-refractivity contribution in [3.05, 3.63) is 108 Å². The smallest absolute Gasteiger partial charge is 0.245 e. The van der Waals surface area contributed by atoms with Crippen LogP contribution in [-0.2, 0) is 38.4 Å². The fourth-order valence-electron chi connectivity index (χ4n) is 5.29. The Labute approximate surface area is 244 Å². The number of nitrogens with zero attached hydrogens (tertiary/aromatic N) is 1. The topological polar surface area (TPSA) is 123 Å². The maximum absolute atomic E-state index is 13.9. The number of hydrogen-bond acceptors (Lipinski definition) is 4. The fraction of sp³-hybridized carbons (Fsp3) is 0.273. The van der Waals surface area contributed by atoms with Crippen LogP contribution >= 0.6 is 0 Å². The molecular formula is C33H35N5O4. The van der Waals surface area contributed by atoms with E-state index < -0.39 is 47.8 Å². The van der Waals surface area contributed by atoms with Crippen LogP contribution in [0.15, 0.2) is 91.1 Å². The molecule has 1 fully saturated rings. The van der Waals surface area contributed by atoms with Crippen molar-refractivity contribution in [2.45, 2.75) is 50.4 Å². The van der Waals surface area contributed by atoms with Gasteiger partial charge in [-0.25, -0.2) is 0 Å². The average Bonchev–Trinajstić information content (AvgIpc) is 3.42. The van der Waals surface area contributed by atoms with E-state index >= 15 is 0 Å². The number of amides is 4. The largest absolute Gasteiger partial charge is 0.361 e. The van der Waals surface area contributed by atoms with Crippen molar-refractivity contribution in [2.24, 2.45) is 0 Å². The van der Waals surface area contributed by atoms with Crippen molar-refractivity contribution in [1.29, 1.82) is 0 Å². The van der Waals surface area contributed by atoms with Crippen LogP contribution in [0, 0.1) is 0 Å². The summed E-state index contributed by atoms with van der Waals surface area (Å²) in [6.45, 7) is 1.61. The van der Waals surface area contributed by atoms with Gasteiger partial charge in [0.15, 0.2) is 0 Å². The maximum Gasteiger partial charge on any atom is 0.245 e. The van der Waals surface area contributed by atoms with E-state index in [1.165, 1.54) is 11.9 Å². The van der Waals surface area contributed by atoms with Gasteiger partial charge in [-0.3, -0.25) is 19.2 Å². The van der Waals surface area contributed by atoms with E-state index in [0.717, 1.165) is 27.6 Å². The zero-order valence-electron chi connectivity index (χ0n) is 23.7. The first-order valence-electron chi connectivity index (χ1n) is 14.1. The normalized spacial score (nSPS) is 22.1. The van der Waals surface area contributed by atoms with Gasteiger partial charge in [0.1, 0.15) is 24.2 Å². The predicted octanol–water partition coefficient (Wildman–Crippen LogP) is 2.51. The molecule has 4 atom stereocenters. The molecule has 9 heteroatoms. The lowest BCUT2D eigenvalue weighted by Crippen LogP contribution is -2.62. The van der Waals surface area contributed by atoms with Crippen molar-refractivity contribution in [1.82, 2.24) is 25.8 Å². The zero-order valence-corrected chi connectivity index (χ0v) is 23.7. The highest BCUT2D eigenvalue weighted by atomic mass is 16.2. The minimum absolute atomic E-state index is 0.187. The lowest BCUT2D eigenvalue weighted by molar-refractivity contribution is -0.143. The van der Waals surface area contributed by atoms with Gasteiger partial charge in [-0.1, -0.05) is 78.9 Å². The molecule has 9 nitrogen and oxygen atoms in total. The summed E-state index contributed by atoms with van der Waals surface area (Å²) >= 11 is 0. The molecule has 1 aliphatic rings. The summed E-state index contributed by atoms with van der Waals surface area (Å²) in [5.41, 5.74) is 3.46. The molecule has 1 aliphatic heterocycles. The van der Waals surface area contributed by atoms with E-state index in [-0.39, 0.29) is 19.3 Å². The number of para-hydroxylation sites is 1. The second-order valence-corrected chi connectivity index (χ2v) is 10.8. The Morgan fingerprint density at radius 2 is 1.12 bits per heavy atom. The van der Waals surface area contributed by atoms with Gasteiger partial charge in [0.05, 0.1) is 0 Å². The number of likely N-dealkylation sites (N-methyl/N-ethyl adjacent to an activating group) is 1. The first-order valence-corrected chi connectivity index (χ1v) is 14.1. The molecule has 1 saturated heterocycles. The molecule has 4 N–H and O–H groups in total. The molecule has 5 rings (SSSR count). The van der Waals surface area contributed by atoms with Crippen molar-refractivity contribution in [3.63, 3.8) is 0 Å². The van der Waals surface area contributed by atoms with E-state index in [2.05, 4.69) is 20.9 Å². The van der Waals surface area contributed by atoms with Crippen LogP contribution < -0.4 is 16.0 Å². The zero-order chi connectivity index (χ0) is 29.6. The van der Waals surface area contributed by atoms with E-state index in [4.69, 9.17) is 0 Å². The molecule has 0 unspecified atom stereocenters. The van der Waals surface area contributed by atoms with Crippen LogP contribution in [0.2, 0.25) is 0 Å². The first-order chi connectivity index (χ1) is 20.3. The van der Waals surface area contributed by atoms with Crippen LogP contribution in [0.4, 0.5) is 0 Å². The van der Waals surface area contributed by atoms with E-state index in [1.54, 1.807) is 6.92 Å². The molecule has 216 valence electrons. The minimum atomic E-state index is -1.000. The number of rotatable bonds is 6.